The molecule has 0 saturated carbocycles. The number of nitrogens with one attached hydrogen (secondary N) is 1. The van der Waals surface area contributed by atoms with Crippen LogP contribution in [0.15, 0.2) is 17.5 Å². The van der Waals surface area contributed by atoms with E-state index in [0.29, 0.717) is 12.6 Å². The number of ether oxygens (including phenoxy) is 1. The SMILES string of the molecule is NC(C(=O)NCC1CN2CCCC2CO1)c1cccs1. The second-order valence-corrected chi connectivity index (χ2v) is 6.46. The van der Waals surface area contributed by atoms with E-state index in [1.165, 1.54) is 24.2 Å². The lowest BCUT2D eigenvalue weighted by Crippen LogP contribution is -2.50. The standard InChI is InChI=1S/C14H21N3O2S/c15-13(12-4-2-6-20-12)14(18)16-7-11-8-17-5-1-3-10(17)9-19-11/h2,4,6,10-11,13H,1,3,5,7-9,15H2,(H,16,18). The molecule has 0 aromatic carbocycles. The van der Waals surface area contributed by atoms with Gasteiger partial charge >= 0.3 is 0 Å². The Hall–Kier alpha value is -0.950. The van der Waals surface area contributed by atoms with Gasteiger partial charge in [0.1, 0.15) is 6.04 Å². The van der Waals surface area contributed by atoms with Crippen molar-refractivity contribution in [3.8, 4) is 0 Å². The minimum Gasteiger partial charge on any atom is -0.373 e. The summed E-state index contributed by atoms with van der Waals surface area (Å²) in [6.45, 7) is 3.41. The average Bonchev–Trinajstić information content (AvgIpc) is 3.13. The van der Waals surface area contributed by atoms with E-state index < -0.39 is 6.04 Å². The number of thiophene rings is 1. The van der Waals surface area contributed by atoms with Gasteiger partial charge in [-0.3, -0.25) is 9.69 Å². The number of morpholine rings is 1. The molecule has 2 aliphatic heterocycles. The fourth-order valence-electron chi connectivity index (χ4n) is 2.93. The summed E-state index contributed by atoms with van der Waals surface area (Å²) in [6, 6.07) is 3.82. The molecule has 2 saturated heterocycles. The first-order valence-corrected chi connectivity index (χ1v) is 8.04. The molecule has 2 fully saturated rings. The van der Waals surface area contributed by atoms with Gasteiger partial charge in [0.25, 0.3) is 0 Å². The Morgan fingerprint density at radius 2 is 2.55 bits per heavy atom. The molecule has 1 amide bonds. The predicted octanol–water partition coefficient (Wildman–Crippen LogP) is 0.727. The zero-order chi connectivity index (χ0) is 13.9. The van der Waals surface area contributed by atoms with E-state index in [4.69, 9.17) is 10.5 Å². The van der Waals surface area contributed by atoms with Gasteiger partial charge in [0.15, 0.2) is 0 Å². The van der Waals surface area contributed by atoms with Crippen molar-refractivity contribution < 1.29 is 9.53 Å². The lowest BCUT2D eigenvalue weighted by molar-refractivity contribution is -0.123. The third kappa shape index (κ3) is 3.03. The molecule has 3 unspecified atom stereocenters. The van der Waals surface area contributed by atoms with Crippen LogP contribution >= 0.6 is 11.3 Å². The number of nitrogens with two attached hydrogens (primary N) is 1. The Morgan fingerprint density at radius 3 is 3.35 bits per heavy atom. The van der Waals surface area contributed by atoms with Crippen molar-refractivity contribution in [1.29, 1.82) is 0 Å². The Morgan fingerprint density at radius 1 is 1.65 bits per heavy atom. The van der Waals surface area contributed by atoms with Crippen molar-refractivity contribution in [2.45, 2.75) is 31.0 Å². The first-order chi connectivity index (χ1) is 9.74. The van der Waals surface area contributed by atoms with E-state index in [-0.39, 0.29) is 12.0 Å². The van der Waals surface area contributed by atoms with Crippen molar-refractivity contribution in [1.82, 2.24) is 10.2 Å². The first-order valence-electron chi connectivity index (χ1n) is 7.16. The maximum Gasteiger partial charge on any atom is 0.242 e. The van der Waals surface area contributed by atoms with Crippen molar-refractivity contribution in [3.05, 3.63) is 22.4 Å². The molecule has 1 aromatic rings. The smallest absolute Gasteiger partial charge is 0.242 e. The fourth-order valence-corrected chi connectivity index (χ4v) is 3.66. The number of hydrogen-bond donors (Lipinski definition) is 2. The zero-order valence-corrected chi connectivity index (χ0v) is 12.3. The van der Waals surface area contributed by atoms with Crippen molar-refractivity contribution in [2.75, 3.05) is 26.2 Å². The van der Waals surface area contributed by atoms with Gasteiger partial charge in [0, 0.05) is 24.0 Å². The number of amides is 1. The summed E-state index contributed by atoms with van der Waals surface area (Å²) in [4.78, 5) is 15.4. The van der Waals surface area contributed by atoms with E-state index >= 15 is 0 Å². The monoisotopic (exact) mass is 295 g/mol. The van der Waals surface area contributed by atoms with E-state index in [1.54, 1.807) is 0 Å². The molecule has 20 heavy (non-hydrogen) atoms. The van der Waals surface area contributed by atoms with Crippen LogP contribution in [0.3, 0.4) is 0 Å². The largest absolute Gasteiger partial charge is 0.373 e. The minimum absolute atomic E-state index is 0.0869. The van der Waals surface area contributed by atoms with E-state index in [9.17, 15) is 4.79 Å². The molecule has 110 valence electrons. The molecule has 5 nitrogen and oxygen atoms in total. The van der Waals surface area contributed by atoms with Gasteiger partial charge in [0.2, 0.25) is 5.91 Å². The van der Waals surface area contributed by atoms with Crippen LogP contribution in [0.2, 0.25) is 0 Å². The molecule has 2 aliphatic rings. The van der Waals surface area contributed by atoms with Gasteiger partial charge < -0.3 is 15.8 Å². The van der Waals surface area contributed by atoms with Crippen LogP contribution in [0.1, 0.15) is 23.8 Å². The highest BCUT2D eigenvalue weighted by Crippen LogP contribution is 2.22. The maximum atomic E-state index is 12.0. The minimum atomic E-state index is -0.571. The van der Waals surface area contributed by atoms with Crippen LogP contribution in [-0.4, -0.2) is 49.2 Å². The van der Waals surface area contributed by atoms with Crippen LogP contribution in [0.5, 0.6) is 0 Å². The lowest BCUT2D eigenvalue weighted by Gasteiger charge is -2.35. The van der Waals surface area contributed by atoms with Gasteiger partial charge in [-0.2, -0.15) is 0 Å². The Balaban J connectivity index is 1.46. The average molecular weight is 295 g/mol. The number of carbonyl (C=O) groups excluding carboxylic acids is 1. The van der Waals surface area contributed by atoms with Crippen molar-refractivity contribution >= 4 is 17.2 Å². The van der Waals surface area contributed by atoms with Crippen LogP contribution in [-0.2, 0) is 9.53 Å². The van der Waals surface area contributed by atoms with Gasteiger partial charge in [-0.15, -0.1) is 11.3 Å². The maximum absolute atomic E-state index is 12.0. The van der Waals surface area contributed by atoms with Gasteiger partial charge in [-0.1, -0.05) is 6.07 Å². The summed E-state index contributed by atoms with van der Waals surface area (Å²) < 4.78 is 5.82. The number of hydrogen-bond acceptors (Lipinski definition) is 5. The molecular weight excluding hydrogens is 274 g/mol. The van der Waals surface area contributed by atoms with Crippen LogP contribution in [0.25, 0.3) is 0 Å². The summed E-state index contributed by atoms with van der Waals surface area (Å²) in [7, 11) is 0. The number of rotatable bonds is 4. The van der Waals surface area contributed by atoms with Gasteiger partial charge in [-0.05, 0) is 30.8 Å². The van der Waals surface area contributed by atoms with Crippen LogP contribution in [0.4, 0.5) is 0 Å². The summed E-state index contributed by atoms with van der Waals surface area (Å²) in [5.41, 5.74) is 5.93. The molecule has 3 rings (SSSR count). The fraction of sp³-hybridized carbons (Fsp3) is 0.643. The molecule has 3 N–H and O–H groups in total. The predicted molar refractivity (Wildman–Crippen MR) is 78.6 cm³/mol. The van der Waals surface area contributed by atoms with Crippen LogP contribution in [0, 0.1) is 0 Å². The highest BCUT2D eigenvalue weighted by atomic mass is 32.1. The van der Waals surface area contributed by atoms with Crippen molar-refractivity contribution in [3.63, 3.8) is 0 Å². The number of fused-ring (bicyclic) bond motifs is 1. The molecule has 0 bridgehead atoms. The van der Waals surface area contributed by atoms with Gasteiger partial charge in [0.05, 0.1) is 12.7 Å². The molecule has 0 spiro atoms. The number of nitrogens with zero attached hydrogens (tertiary/aromatic N) is 1. The van der Waals surface area contributed by atoms with Crippen LogP contribution < -0.4 is 11.1 Å². The zero-order valence-electron chi connectivity index (χ0n) is 11.5. The Bertz CT molecular complexity index is 451. The molecule has 0 aliphatic carbocycles. The number of carbonyl (C=O) groups is 1. The second-order valence-electron chi connectivity index (χ2n) is 5.48. The molecule has 6 heteroatoms. The first kappa shape index (κ1) is 14.0. The Kier molecular flexibility index (Phi) is 4.35. The molecular formula is C14H21N3O2S. The normalized spacial score (nSPS) is 28.1. The third-order valence-corrected chi connectivity index (χ3v) is 5.05. The summed E-state index contributed by atoms with van der Waals surface area (Å²) in [6.07, 6.45) is 2.59. The highest BCUT2D eigenvalue weighted by Gasteiger charge is 2.32. The highest BCUT2D eigenvalue weighted by molar-refractivity contribution is 7.10. The summed E-state index contributed by atoms with van der Waals surface area (Å²) >= 11 is 1.51. The quantitative estimate of drug-likeness (QED) is 0.859. The second kappa shape index (κ2) is 6.22. The van der Waals surface area contributed by atoms with E-state index in [1.807, 2.05) is 17.5 Å². The third-order valence-electron chi connectivity index (χ3n) is 4.10. The molecule has 1 aromatic heterocycles. The summed E-state index contributed by atoms with van der Waals surface area (Å²) in [5, 5.41) is 4.84. The van der Waals surface area contributed by atoms with E-state index in [2.05, 4.69) is 10.2 Å². The molecule has 3 heterocycles. The Labute approximate surface area is 123 Å². The molecule has 3 atom stereocenters. The lowest BCUT2D eigenvalue weighted by atomic mass is 10.2. The van der Waals surface area contributed by atoms with Crippen molar-refractivity contribution in [2.24, 2.45) is 5.73 Å². The summed E-state index contributed by atoms with van der Waals surface area (Å²) in [5.74, 6) is -0.125. The molecule has 0 radical (unpaired) electrons. The topological polar surface area (TPSA) is 67.6 Å². The van der Waals surface area contributed by atoms with E-state index in [0.717, 1.165) is 24.6 Å². The van der Waals surface area contributed by atoms with Gasteiger partial charge in [-0.25, -0.2) is 0 Å².